The van der Waals surface area contributed by atoms with E-state index in [2.05, 4.69) is 50.4 Å². The van der Waals surface area contributed by atoms with Crippen LogP contribution in [0.15, 0.2) is 48.5 Å². The number of hydrogen-bond donors (Lipinski definition) is 2. The molecule has 3 nitrogen and oxygen atoms in total. The predicted octanol–water partition coefficient (Wildman–Crippen LogP) is 4.05. The summed E-state index contributed by atoms with van der Waals surface area (Å²) in [6.07, 6.45) is 1.16. The van der Waals surface area contributed by atoms with E-state index in [1.165, 1.54) is 5.56 Å². The average molecular weight is 311 g/mol. The third-order valence-electron chi connectivity index (χ3n) is 3.85. The molecule has 0 atom stereocenters. The van der Waals surface area contributed by atoms with Crippen LogP contribution in [0.1, 0.15) is 43.9 Å². The van der Waals surface area contributed by atoms with Crippen LogP contribution in [0.2, 0.25) is 0 Å². The number of nitrogens with one attached hydrogen (secondary N) is 1. The standard InChI is InChI=1S/C20H25NO2/c1-20(2,3)17-10-7-15(8-11-17)9-12-19(23)21-18-6-4-5-16(13-18)14-22/h4-8,10-11,13,22H,9,12,14H2,1-3H3,(H,21,23). The first kappa shape index (κ1) is 17.2. The summed E-state index contributed by atoms with van der Waals surface area (Å²) >= 11 is 0. The summed E-state index contributed by atoms with van der Waals surface area (Å²) in [6, 6.07) is 15.7. The molecule has 2 rings (SSSR count). The van der Waals surface area contributed by atoms with Crippen molar-refractivity contribution in [3.8, 4) is 0 Å². The van der Waals surface area contributed by atoms with Gasteiger partial charge in [-0.1, -0.05) is 57.2 Å². The van der Waals surface area contributed by atoms with Crippen LogP contribution in [-0.4, -0.2) is 11.0 Å². The Kier molecular flexibility index (Phi) is 5.56. The molecule has 3 heteroatoms. The van der Waals surface area contributed by atoms with E-state index in [-0.39, 0.29) is 17.9 Å². The Morgan fingerprint density at radius 2 is 1.74 bits per heavy atom. The summed E-state index contributed by atoms with van der Waals surface area (Å²) < 4.78 is 0. The third-order valence-corrected chi connectivity index (χ3v) is 3.85. The van der Waals surface area contributed by atoms with Crippen LogP contribution in [0.25, 0.3) is 0 Å². The van der Waals surface area contributed by atoms with Crippen molar-refractivity contribution in [2.24, 2.45) is 0 Å². The Balaban J connectivity index is 1.89. The molecule has 0 aliphatic rings. The number of hydrogen-bond acceptors (Lipinski definition) is 2. The monoisotopic (exact) mass is 311 g/mol. The van der Waals surface area contributed by atoms with Crippen LogP contribution in [0.5, 0.6) is 0 Å². The molecule has 1 amide bonds. The minimum Gasteiger partial charge on any atom is -0.392 e. The van der Waals surface area contributed by atoms with Crippen molar-refractivity contribution in [3.05, 3.63) is 65.2 Å². The lowest BCUT2D eigenvalue weighted by Crippen LogP contribution is -2.13. The lowest BCUT2D eigenvalue weighted by atomic mass is 9.86. The highest BCUT2D eigenvalue weighted by Crippen LogP contribution is 2.22. The first-order valence-electron chi connectivity index (χ1n) is 7.97. The molecule has 0 saturated carbocycles. The van der Waals surface area contributed by atoms with Gasteiger partial charge in [-0.15, -0.1) is 0 Å². The van der Waals surface area contributed by atoms with Gasteiger partial charge >= 0.3 is 0 Å². The number of aliphatic hydroxyl groups excluding tert-OH is 1. The summed E-state index contributed by atoms with van der Waals surface area (Å²) in [5.41, 5.74) is 4.13. The molecule has 122 valence electrons. The fourth-order valence-corrected chi connectivity index (χ4v) is 2.40. The van der Waals surface area contributed by atoms with E-state index in [1.54, 1.807) is 6.07 Å². The Labute approximate surface area is 138 Å². The molecule has 0 aromatic heterocycles. The van der Waals surface area contributed by atoms with Crippen LogP contribution in [0.4, 0.5) is 5.69 Å². The average Bonchev–Trinajstić information content (AvgIpc) is 2.52. The molecule has 2 N–H and O–H groups in total. The first-order chi connectivity index (χ1) is 10.9. The van der Waals surface area contributed by atoms with Gasteiger partial charge < -0.3 is 10.4 Å². The van der Waals surface area contributed by atoms with Gasteiger partial charge in [-0.05, 0) is 40.7 Å². The van der Waals surface area contributed by atoms with Crippen LogP contribution >= 0.6 is 0 Å². The molecule has 0 radical (unpaired) electrons. The van der Waals surface area contributed by atoms with Gasteiger partial charge in [0.25, 0.3) is 0 Å². The molecule has 0 bridgehead atoms. The van der Waals surface area contributed by atoms with E-state index in [1.807, 2.05) is 18.2 Å². The molecule has 0 heterocycles. The Morgan fingerprint density at radius 3 is 2.35 bits per heavy atom. The van der Waals surface area contributed by atoms with E-state index in [0.717, 1.165) is 23.2 Å². The van der Waals surface area contributed by atoms with Crippen molar-refractivity contribution >= 4 is 11.6 Å². The topological polar surface area (TPSA) is 49.3 Å². The lowest BCUT2D eigenvalue weighted by molar-refractivity contribution is -0.116. The normalized spacial score (nSPS) is 11.3. The van der Waals surface area contributed by atoms with Crippen molar-refractivity contribution in [2.75, 3.05) is 5.32 Å². The van der Waals surface area contributed by atoms with Crippen LogP contribution < -0.4 is 5.32 Å². The number of aryl methyl sites for hydroxylation is 1. The van der Waals surface area contributed by atoms with Gasteiger partial charge in [0.1, 0.15) is 0 Å². The predicted molar refractivity (Wildman–Crippen MR) is 94.5 cm³/mol. The van der Waals surface area contributed by atoms with Gasteiger partial charge in [-0.3, -0.25) is 4.79 Å². The zero-order chi connectivity index (χ0) is 16.9. The fraction of sp³-hybridized carbons (Fsp3) is 0.350. The molecule has 2 aromatic carbocycles. The molecule has 0 fully saturated rings. The molecule has 0 aliphatic heterocycles. The summed E-state index contributed by atoms with van der Waals surface area (Å²) in [6.45, 7) is 6.55. The van der Waals surface area contributed by atoms with Crippen LogP contribution in [-0.2, 0) is 23.2 Å². The number of carbonyl (C=O) groups excluding carboxylic acids is 1. The number of benzene rings is 2. The summed E-state index contributed by atoms with van der Waals surface area (Å²) in [5, 5.41) is 12.0. The maximum Gasteiger partial charge on any atom is 0.224 e. The second-order valence-corrected chi connectivity index (χ2v) is 6.85. The molecule has 0 spiro atoms. The van der Waals surface area contributed by atoms with Crippen molar-refractivity contribution in [1.29, 1.82) is 0 Å². The summed E-state index contributed by atoms with van der Waals surface area (Å²) in [4.78, 5) is 12.0. The molecular weight excluding hydrogens is 286 g/mol. The number of rotatable bonds is 5. The summed E-state index contributed by atoms with van der Waals surface area (Å²) in [5.74, 6) is -0.0139. The highest BCUT2D eigenvalue weighted by molar-refractivity contribution is 5.90. The number of aliphatic hydroxyl groups is 1. The second-order valence-electron chi connectivity index (χ2n) is 6.85. The second kappa shape index (κ2) is 7.42. The van der Waals surface area contributed by atoms with Gasteiger partial charge in [-0.2, -0.15) is 0 Å². The van der Waals surface area contributed by atoms with Crippen molar-refractivity contribution in [1.82, 2.24) is 0 Å². The number of carbonyl (C=O) groups is 1. The molecule has 23 heavy (non-hydrogen) atoms. The van der Waals surface area contributed by atoms with E-state index in [9.17, 15) is 4.79 Å². The minimum absolute atomic E-state index is 0.0139. The Morgan fingerprint density at radius 1 is 1.04 bits per heavy atom. The molecular formula is C20H25NO2. The number of anilines is 1. The van der Waals surface area contributed by atoms with E-state index in [0.29, 0.717) is 6.42 Å². The van der Waals surface area contributed by atoms with Crippen molar-refractivity contribution in [3.63, 3.8) is 0 Å². The van der Waals surface area contributed by atoms with Gasteiger partial charge in [0.2, 0.25) is 5.91 Å². The fourth-order valence-electron chi connectivity index (χ4n) is 2.40. The Hall–Kier alpha value is -2.13. The van der Waals surface area contributed by atoms with Gasteiger partial charge in [0.15, 0.2) is 0 Å². The molecule has 0 unspecified atom stereocenters. The van der Waals surface area contributed by atoms with Gasteiger partial charge in [0.05, 0.1) is 6.61 Å². The van der Waals surface area contributed by atoms with Gasteiger partial charge in [0, 0.05) is 12.1 Å². The number of amides is 1. The molecule has 2 aromatic rings. The quantitative estimate of drug-likeness (QED) is 0.875. The zero-order valence-corrected chi connectivity index (χ0v) is 14.1. The smallest absolute Gasteiger partial charge is 0.224 e. The van der Waals surface area contributed by atoms with Crippen molar-refractivity contribution in [2.45, 2.75) is 45.6 Å². The SMILES string of the molecule is CC(C)(C)c1ccc(CCC(=O)Nc2cccc(CO)c2)cc1. The van der Waals surface area contributed by atoms with Crippen molar-refractivity contribution < 1.29 is 9.90 Å². The van der Waals surface area contributed by atoms with Crippen LogP contribution in [0, 0.1) is 0 Å². The van der Waals surface area contributed by atoms with Gasteiger partial charge in [-0.25, -0.2) is 0 Å². The van der Waals surface area contributed by atoms with Crippen LogP contribution in [0.3, 0.4) is 0 Å². The minimum atomic E-state index is -0.0240. The maximum absolute atomic E-state index is 12.0. The summed E-state index contributed by atoms with van der Waals surface area (Å²) in [7, 11) is 0. The van der Waals surface area contributed by atoms with E-state index in [4.69, 9.17) is 5.11 Å². The molecule has 0 saturated heterocycles. The highest BCUT2D eigenvalue weighted by atomic mass is 16.3. The lowest BCUT2D eigenvalue weighted by Gasteiger charge is -2.19. The highest BCUT2D eigenvalue weighted by Gasteiger charge is 2.13. The molecule has 0 aliphatic carbocycles. The third kappa shape index (κ3) is 5.22. The van der Waals surface area contributed by atoms with E-state index >= 15 is 0 Å². The zero-order valence-electron chi connectivity index (χ0n) is 14.1. The Bertz CT molecular complexity index is 654. The maximum atomic E-state index is 12.0. The first-order valence-corrected chi connectivity index (χ1v) is 7.97. The largest absolute Gasteiger partial charge is 0.392 e. The van der Waals surface area contributed by atoms with E-state index < -0.39 is 0 Å².